The summed E-state index contributed by atoms with van der Waals surface area (Å²) in [6.45, 7) is 7.75. The maximum atomic E-state index is 12.7. The molecule has 0 aliphatic rings. The van der Waals surface area contributed by atoms with Gasteiger partial charge >= 0.3 is 0 Å². The largest absolute Gasteiger partial charge is 0.322 e. The van der Waals surface area contributed by atoms with Gasteiger partial charge in [0.05, 0.1) is 5.69 Å². The molecule has 2 N–H and O–H groups in total. The Labute approximate surface area is 120 Å². The van der Waals surface area contributed by atoms with Crippen LogP contribution in [0.25, 0.3) is 11.3 Å². The summed E-state index contributed by atoms with van der Waals surface area (Å²) in [6, 6.07) is 13.9. The highest BCUT2D eigenvalue weighted by Crippen LogP contribution is 2.23. The van der Waals surface area contributed by atoms with Gasteiger partial charge in [-0.2, -0.15) is 0 Å². The van der Waals surface area contributed by atoms with E-state index in [1.165, 1.54) is 0 Å². The fourth-order valence-electron chi connectivity index (χ4n) is 2.40. The summed E-state index contributed by atoms with van der Waals surface area (Å²) in [5.41, 5.74) is 8.08. The second-order valence-electron chi connectivity index (χ2n) is 5.99. The summed E-state index contributed by atoms with van der Waals surface area (Å²) < 4.78 is 1.82. The molecule has 0 atom stereocenters. The van der Waals surface area contributed by atoms with Gasteiger partial charge in [-0.3, -0.25) is 4.79 Å². The predicted molar refractivity (Wildman–Crippen MR) is 83.7 cm³/mol. The van der Waals surface area contributed by atoms with E-state index >= 15 is 0 Å². The van der Waals surface area contributed by atoms with E-state index in [4.69, 9.17) is 5.73 Å². The number of nitrogens with two attached hydrogens (primary N) is 1. The third-order valence-electron chi connectivity index (χ3n) is 3.40. The number of hydrogen-bond acceptors (Lipinski definition) is 2. The lowest BCUT2D eigenvalue weighted by molar-refractivity contribution is 0.517. The van der Waals surface area contributed by atoms with Gasteiger partial charge in [0.2, 0.25) is 0 Å². The van der Waals surface area contributed by atoms with Crippen LogP contribution in [0.15, 0.2) is 47.3 Å². The molecule has 0 bridgehead atoms. The third kappa shape index (κ3) is 2.68. The molecule has 0 radical (unpaired) electrons. The van der Waals surface area contributed by atoms with Crippen LogP contribution in [0.5, 0.6) is 0 Å². The first-order chi connectivity index (χ1) is 9.32. The van der Waals surface area contributed by atoms with Gasteiger partial charge in [0.15, 0.2) is 0 Å². The van der Waals surface area contributed by atoms with Gasteiger partial charge in [0.1, 0.15) is 0 Å². The number of aromatic nitrogens is 1. The van der Waals surface area contributed by atoms with Gasteiger partial charge in [-0.15, -0.1) is 0 Å². The minimum absolute atomic E-state index is 0.00569. The first-order valence-corrected chi connectivity index (χ1v) is 6.92. The molecular formula is C17H22N2O. The molecule has 0 unspecified atom stereocenters. The van der Waals surface area contributed by atoms with Gasteiger partial charge in [-0.25, -0.2) is 0 Å². The van der Waals surface area contributed by atoms with E-state index in [2.05, 4.69) is 0 Å². The van der Waals surface area contributed by atoms with Crippen LogP contribution >= 0.6 is 0 Å². The molecule has 3 nitrogen and oxygen atoms in total. The summed E-state index contributed by atoms with van der Waals surface area (Å²) in [5.74, 6) is 0. The average Bonchev–Trinajstić information content (AvgIpc) is 2.37. The maximum absolute atomic E-state index is 12.7. The fraction of sp³-hybridized carbons (Fsp3) is 0.353. The van der Waals surface area contributed by atoms with Crippen molar-refractivity contribution >= 4 is 0 Å². The van der Waals surface area contributed by atoms with Crippen LogP contribution in [0, 0.1) is 0 Å². The van der Waals surface area contributed by atoms with Gasteiger partial charge < -0.3 is 10.3 Å². The smallest absolute Gasteiger partial charge is 0.256 e. The minimum atomic E-state index is -0.636. The monoisotopic (exact) mass is 270 g/mol. The third-order valence-corrected chi connectivity index (χ3v) is 3.40. The van der Waals surface area contributed by atoms with Crippen molar-refractivity contribution in [3.8, 4) is 11.3 Å². The lowest BCUT2D eigenvalue weighted by Gasteiger charge is -2.23. The summed E-state index contributed by atoms with van der Waals surface area (Å²) >= 11 is 0. The van der Waals surface area contributed by atoms with Crippen LogP contribution in [-0.4, -0.2) is 4.57 Å². The van der Waals surface area contributed by atoms with Crippen molar-refractivity contribution in [1.82, 2.24) is 4.57 Å². The molecule has 0 aliphatic heterocycles. The van der Waals surface area contributed by atoms with E-state index < -0.39 is 5.54 Å². The highest BCUT2D eigenvalue weighted by atomic mass is 16.1. The zero-order chi connectivity index (χ0) is 14.9. The van der Waals surface area contributed by atoms with E-state index in [0.29, 0.717) is 5.56 Å². The molecule has 20 heavy (non-hydrogen) atoms. The molecule has 1 heterocycles. The Morgan fingerprint density at radius 3 is 2.15 bits per heavy atom. The van der Waals surface area contributed by atoms with Crippen LogP contribution in [-0.2, 0) is 5.54 Å². The van der Waals surface area contributed by atoms with Crippen molar-refractivity contribution in [2.24, 2.45) is 5.73 Å². The Morgan fingerprint density at radius 2 is 1.65 bits per heavy atom. The molecule has 0 amide bonds. The normalized spacial score (nSPS) is 11.9. The van der Waals surface area contributed by atoms with Gasteiger partial charge in [0.25, 0.3) is 5.56 Å². The Balaban J connectivity index is 2.73. The zero-order valence-corrected chi connectivity index (χ0v) is 12.6. The standard InChI is InChI=1S/C17H22N2O/c1-12(2)19-15(13-8-6-5-7-9-13)11-10-14(16(19)20)17(3,4)18/h5-12H,18H2,1-4H3. The van der Waals surface area contributed by atoms with E-state index in [-0.39, 0.29) is 11.6 Å². The molecule has 1 aromatic heterocycles. The summed E-state index contributed by atoms with van der Waals surface area (Å²) in [5, 5.41) is 0. The molecule has 3 heteroatoms. The number of benzene rings is 1. The summed E-state index contributed by atoms with van der Waals surface area (Å²) in [6.07, 6.45) is 0. The Hall–Kier alpha value is -1.87. The minimum Gasteiger partial charge on any atom is -0.322 e. The molecule has 0 fully saturated rings. The molecular weight excluding hydrogens is 248 g/mol. The van der Waals surface area contributed by atoms with Crippen molar-refractivity contribution in [3.63, 3.8) is 0 Å². The average molecular weight is 270 g/mol. The number of nitrogens with zero attached hydrogens (tertiary/aromatic N) is 1. The number of hydrogen-bond donors (Lipinski definition) is 1. The van der Waals surface area contributed by atoms with Crippen LogP contribution < -0.4 is 11.3 Å². The molecule has 0 aliphatic carbocycles. The second kappa shape index (κ2) is 5.25. The molecule has 2 aromatic rings. The van der Waals surface area contributed by atoms with Crippen LogP contribution in [0.4, 0.5) is 0 Å². The van der Waals surface area contributed by atoms with Crippen molar-refractivity contribution in [2.75, 3.05) is 0 Å². The Kier molecular flexibility index (Phi) is 3.82. The van der Waals surface area contributed by atoms with Crippen molar-refractivity contribution < 1.29 is 0 Å². The molecule has 2 rings (SSSR count). The molecule has 0 spiro atoms. The Morgan fingerprint density at radius 1 is 1.05 bits per heavy atom. The molecule has 106 valence electrons. The molecule has 0 saturated heterocycles. The fourth-order valence-corrected chi connectivity index (χ4v) is 2.40. The first-order valence-electron chi connectivity index (χ1n) is 6.92. The quantitative estimate of drug-likeness (QED) is 0.930. The van der Waals surface area contributed by atoms with Crippen molar-refractivity contribution in [3.05, 3.63) is 58.4 Å². The van der Waals surface area contributed by atoms with E-state index in [1.54, 1.807) is 0 Å². The SMILES string of the molecule is CC(C)n1c(-c2ccccc2)ccc(C(C)(C)N)c1=O. The summed E-state index contributed by atoms with van der Waals surface area (Å²) in [7, 11) is 0. The van der Waals surface area contributed by atoms with Gasteiger partial charge in [-0.1, -0.05) is 30.3 Å². The van der Waals surface area contributed by atoms with E-state index in [9.17, 15) is 4.79 Å². The second-order valence-corrected chi connectivity index (χ2v) is 5.99. The number of pyridine rings is 1. The summed E-state index contributed by atoms with van der Waals surface area (Å²) in [4.78, 5) is 12.7. The van der Waals surface area contributed by atoms with Crippen molar-refractivity contribution in [1.29, 1.82) is 0 Å². The van der Waals surface area contributed by atoms with Crippen LogP contribution in [0.3, 0.4) is 0 Å². The lowest BCUT2D eigenvalue weighted by Crippen LogP contribution is -2.38. The van der Waals surface area contributed by atoms with Crippen molar-refractivity contribution in [2.45, 2.75) is 39.3 Å². The number of rotatable bonds is 3. The first kappa shape index (κ1) is 14.5. The topological polar surface area (TPSA) is 48.0 Å². The Bertz CT molecular complexity index is 649. The lowest BCUT2D eigenvalue weighted by atomic mass is 9.95. The highest BCUT2D eigenvalue weighted by Gasteiger charge is 2.21. The van der Waals surface area contributed by atoms with Gasteiger partial charge in [-0.05, 0) is 45.4 Å². The highest BCUT2D eigenvalue weighted by molar-refractivity contribution is 5.60. The maximum Gasteiger partial charge on any atom is 0.256 e. The predicted octanol–water partition coefficient (Wildman–Crippen LogP) is 3.29. The molecule has 1 aromatic carbocycles. The molecule has 0 saturated carbocycles. The van der Waals surface area contributed by atoms with E-state index in [1.807, 2.05) is 74.7 Å². The van der Waals surface area contributed by atoms with Crippen LogP contribution in [0.1, 0.15) is 39.3 Å². The van der Waals surface area contributed by atoms with Gasteiger partial charge in [0, 0.05) is 17.1 Å². The van der Waals surface area contributed by atoms with Crippen LogP contribution in [0.2, 0.25) is 0 Å². The zero-order valence-electron chi connectivity index (χ0n) is 12.6. The van der Waals surface area contributed by atoms with E-state index in [0.717, 1.165) is 11.3 Å².